The van der Waals surface area contributed by atoms with E-state index >= 15 is 0 Å². The van der Waals surface area contributed by atoms with Crippen molar-refractivity contribution in [3.63, 3.8) is 0 Å². The van der Waals surface area contributed by atoms with Crippen molar-refractivity contribution in [2.45, 2.75) is 6.04 Å². The Balaban J connectivity index is 1.66. The van der Waals surface area contributed by atoms with Gasteiger partial charge in [0.25, 0.3) is 0 Å². The highest BCUT2D eigenvalue weighted by molar-refractivity contribution is 5.90. The van der Waals surface area contributed by atoms with E-state index in [-0.39, 0.29) is 11.7 Å². The number of nitrogens with zero attached hydrogens (tertiary/aromatic N) is 5. The molecule has 1 aliphatic rings. The summed E-state index contributed by atoms with van der Waals surface area (Å²) in [6, 6.07) is 9.14. The Hall–Kier alpha value is -3.66. The summed E-state index contributed by atoms with van der Waals surface area (Å²) >= 11 is 0. The SMILES string of the molecule is O=C1NCCNC[C@H]1Nc1nc2cccnc2c2nc(-c3cccc(F)c3)nn12. The Morgan fingerprint density at radius 2 is 2.10 bits per heavy atom. The van der Waals surface area contributed by atoms with Crippen molar-refractivity contribution in [1.29, 1.82) is 0 Å². The van der Waals surface area contributed by atoms with Gasteiger partial charge < -0.3 is 16.0 Å². The maximum atomic E-state index is 13.7. The molecule has 10 heteroatoms. The second-order valence-electron chi connectivity index (χ2n) is 6.68. The van der Waals surface area contributed by atoms with Crippen molar-refractivity contribution in [1.82, 2.24) is 35.2 Å². The Morgan fingerprint density at radius 1 is 1.17 bits per heavy atom. The maximum Gasteiger partial charge on any atom is 0.243 e. The summed E-state index contributed by atoms with van der Waals surface area (Å²) in [5, 5.41) is 13.7. The van der Waals surface area contributed by atoms with Crippen LogP contribution in [-0.4, -0.2) is 56.1 Å². The number of aromatic nitrogens is 5. The molecule has 1 saturated heterocycles. The van der Waals surface area contributed by atoms with Gasteiger partial charge >= 0.3 is 0 Å². The van der Waals surface area contributed by atoms with Gasteiger partial charge in [-0.25, -0.2) is 14.4 Å². The monoisotopic (exact) mass is 392 g/mol. The zero-order valence-corrected chi connectivity index (χ0v) is 15.3. The van der Waals surface area contributed by atoms with E-state index in [1.807, 2.05) is 6.07 Å². The molecule has 29 heavy (non-hydrogen) atoms. The molecule has 9 nitrogen and oxygen atoms in total. The fourth-order valence-electron chi connectivity index (χ4n) is 3.29. The topological polar surface area (TPSA) is 109 Å². The normalized spacial score (nSPS) is 17.3. The van der Waals surface area contributed by atoms with Crippen molar-refractivity contribution in [3.8, 4) is 11.4 Å². The minimum absolute atomic E-state index is 0.123. The third-order valence-corrected chi connectivity index (χ3v) is 4.68. The lowest BCUT2D eigenvalue weighted by molar-refractivity contribution is -0.121. The molecule has 0 spiro atoms. The highest BCUT2D eigenvalue weighted by Gasteiger charge is 2.23. The first-order chi connectivity index (χ1) is 14.2. The number of rotatable bonds is 3. The number of amides is 1. The van der Waals surface area contributed by atoms with Crippen LogP contribution in [0.4, 0.5) is 10.3 Å². The Morgan fingerprint density at radius 3 is 3.00 bits per heavy atom. The van der Waals surface area contributed by atoms with Gasteiger partial charge in [-0.15, -0.1) is 5.10 Å². The first kappa shape index (κ1) is 17.4. The lowest BCUT2D eigenvalue weighted by Gasteiger charge is -2.16. The molecule has 146 valence electrons. The third-order valence-electron chi connectivity index (χ3n) is 4.68. The van der Waals surface area contributed by atoms with E-state index < -0.39 is 6.04 Å². The van der Waals surface area contributed by atoms with Crippen molar-refractivity contribution in [2.75, 3.05) is 25.0 Å². The van der Waals surface area contributed by atoms with E-state index in [1.165, 1.54) is 16.6 Å². The summed E-state index contributed by atoms with van der Waals surface area (Å²) in [5.74, 6) is 0.208. The fourth-order valence-corrected chi connectivity index (χ4v) is 3.29. The van der Waals surface area contributed by atoms with Crippen LogP contribution in [0.5, 0.6) is 0 Å². The van der Waals surface area contributed by atoms with Gasteiger partial charge in [0.1, 0.15) is 17.4 Å². The first-order valence-electron chi connectivity index (χ1n) is 9.21. The number of benzene rings is 1. The van der Waals surface area contributed by atoms with Gasteiger partial charge in [0.05, 0.1) is 5.52 Å². The molecule has 1 atom stereocenters. The van der Waals surface area contributed by atoms with Crippen LogP contribution < -0.4 is 16.0 Å². The van der Waals surface area contributed by atoms with Gasteiger partial charge in [-0.2, -0.15) is 4.52 Å². The predicted molar refractivity (Wildman–Crippen MR) is 105 cm³/mol. The summed E-state index contributed by atoms with van der Waals surface area (Å²) in [5.41, 5.74) is 2.19. The summed E-state index contributed by atoms with van der Waals surface area (Å²) in [6.45, 7) is 1.71. The second kappa shape index (κ2) is 7.06. The van der Waals surface area contributed by atoms with E-state index in [2.05, 4.69) is 36.0 Å². The second-order valence-corrected chi connectivity index (χ2v) is 6.68. The van der Waals surface area contributed by atoms with Crippen LogP contribution in [0.3, 0.4) is 0 Å². The molecule has 1 fully saturated rings. The molecule has 4 heterocycles. The fraction of sp³-hybridized carbons (Fsp3) is 0.211. The van der Waals surface area contributed by atoms with Crippen LogP contribution in [0.2, 0.25) is 0 Å². The van der Waals surface area contributed by atoms with E-state index in [0.717, 1.165) is 0 Å². The number of anilines is 1. The largest absolute Gasteiger partial charge is 0.353 e. The predicted octanol–water partition coefficient (Wildman–Crippen LogP) is 0.978. The Kier molecular flexibility index (Phi) is 4.24. The number of hydrogen-bond donors (Lipinski definition) is 3. The zero-order chi connectivity index (χ0) is 19.8. The van der Waals surface area contributed by atoms with Crippen LogP contribution in [0, 0.1) is 5.82 Å². The summed E-state index contributed by atoms with van der Waals surface area (Å²) in [4.78, 5) is 25.9. The molecule has 0 radical (unpaired) electrons. The molecule has 0 unspecified atom stereocenters. The van der Waals surface area contributed by atoms with Crippen LogP contribution >= 0.6 is 0 Å². The summed E-state index contributed by atoms with van der Waals surface area (Å²) in [7, 11) is 0. The minimum atomic E-state index is -0.524. The van der Waals surface area contributed by atoms with E-state index in [1.54, 1.807) is 24.4 Å². The molecule has 1 aromatic carbocycles. The van der Waals surface area contributed by atoms with E-state index in [4.69, 9.17) is 0 Å². The maximum absolute atomic E-state index is 13.7. The molecule has 3 N–H and O–H groups in total. The summed E-state index contributed by atoms with van der Waals surface area (Å²) < 4.78 is 15.2. The van der Waals surface area contributed by atoms with Gasteiger partial charge in [0, 0.05) is 31.4 Å². The average Bonchev–Trinajstić information content (AvgIpc) is 3.09. The molecule has 0 saturated carbocycles. The number of fused-ring (bicyclic) bond motifs is 3. The number of hydrogen-bond acceptors (Lipinski definition) is 7. The van der Waals surface area contributed by atoms with Crippen LogP contribution in [-0.2, 0) is 4.79 Å². The highest BCUT2D eigenvalue weighted by atomic mass is 19.1. The van der Waals surface area contributed by atoms with E-state index in [9.17, 15) is 9.18 Å². The standard InChI is InChI=1S/C19H17FN8O/c20-12-4-1-3-11(9-12)16-26-17-15-13(5-2-6-22-15)24-19(28(17)27-16)25-14-10-21-7-8-23-18(14)29/h1-6,9,14,21H,7-8,10H2,(H,23,29)(H,24,25)/t14-/m1/s1. The summed E-state index contributed by atoms with van der Waals surface area (Å²) in [6.07, 6.45) is 1.65. The Labute approximate surface area is 164 Å². The van der Waals surface area contributed by atoms with Gasteiger partial charge in [0.2, 0.25) is 11.9 Å². The number of halogens is 1. The highest BCUT2D eigenvalue weighted by Crippen LogP contribution is 2.23. The third kappa shape index (κ3) is 3.23. The molecular formula is C19H17FN8O. The first-order valence-corrected chi connectivity index (χ1v) is 9.21. The van der Waals surface area contributed by atoms with Gasteiger partial charge in [-0.1, -0.05) is 12.1 Å². The van der Waals surface area contributed by atoms with Crippen LogP contribution in [0.25, 0.3) is 28.1 Å². The molecule has 1 aliphatic heterocycles. The number of carbonyl (C=O) groups is 1. The number of pyridine rings is 1. The number of carbonyl (C=O) groups excluding carboxylic acids is 1. The molecule has 3 aromatic heterocycles. The molecule has 1 amide bonds. The minimum Gasteiger partial charge on any atom is -0.353 e. The molecule has 4 aromatic rings. The number of nitrogens with one attached hydrogen (secondary N) is 3. The lowest BCUT2D eigenvalue weighted by Crippen LogP contribution is -2.42. The zero-order valence-electron chi connectivity index (χ0n) is 15.3. The van der Waals surface area contributed by atoms with Crippen molar-refractivity contribution in [3.05, 3.63) is 48.4 Å². The van der Waals surface area contributed by atoms with Gasteiger partial charge in [0.15, 0.2) is 11.5 Å². The average molecular weight is 392 g/mol. The van der Waals surface area contributed by atoms with E-state index in [0.29, 0.717) is 53.7 Å². The smallest absolute Gasteiger partial charge is 0.243 e. The van der Waals surface area contributed by atoms with Crippen LogP contribution in [0.1, 0.15) is 0 Å². The van der Waals surface area contributed by atoms with Crippen molar-refractivity contribution in [2.24, 2.45) is 0 Å². The van der Waals surface area contributed by atoms with Gasteiger partial charge in [-0.3, -0.25) is 9.78 Å². The van der Waals surface area contributed by atoms with Crippen molar-refractivity contribution < 1.29 is 9.18 Å². The molecular weight excluding hydrogens is 375 g/mol. The quantitative estimate of drug-likeness (QED) is 0.477. The van der Waals surface area contributed by atoms with Gasteiger partial charge in [-0.05, 0) is 24.3 Å². The molecule has 0 aliphatic carbocycles. The molecule has 5 rings (SSSR count). The van der Waals surface area contributed by atoms with Crippen LogP contribution in [0.15, 0.2) is 42.6 Å². The Bertz CT molecular complexity index is 1220. The van der Waals surface area contributed by atoms with Crippen molar-refractivity contribution >= 4 is 28.5 Å². The molecule has 0 bridgehead atoms. The lowest BCUT2D eigenvalue weighted by atomic mass is 10.2.